The highest BCUT2D eigenvalue weighted by molar-refractivity contribution is 7.87. The van der Waals surface area contributed by atoms with Gasteiger partial charge >= 0.3 is 32.3 Å². The van der Waals surface area contributed by atoms with Crippen molar-refractivity contribution in [3.05, 3.63) is 158 Å². The molecule has 4 N–H and O–H groups in total. The van der Waals surface area contributed by atoms with E-state index in [0.717, 1.165) is 21.5 Å². The van der Waals surface area contributed by atoms with Gasteiger partial charge in [-0.15, -0.1) is 0 Å². The maximum atomic E-state index is 12.9. The van der Waals surface area contributed by atoms with Gasteiger partial charge in [-0.1, -0.05) is 66.7 Å². The number of rotatable bonds is 10. The van der Waals surface area contributed by atoms with Crippen LogP contribution in [0.1, 0.15) is 0 Å². The third-order valence-corrected chi connectivity index (χ3v) is 10.5. The highest BCUT2D eigenvalue weighted by Crippen LogP contribution is 2.26. The van der Waals surface area contributed by atoms with E-state index < -0.39 is 32.3 Å². The number of carbonyl (C=O) groups is 2. The molecule has 270 valence electrons. The summed E-state index contributed by atoms with van der Waals surface area (Å²) in [5, 5.41) is 14.0. The molecule has 7 aromatic carbocycles. The summed E-state index contributed by atoms with van der Waals surface area (Å²) in [6, 6.07) is 41.2. The molecule has 0 heterocycles. The Kier molecular flexibility index (Phi) is 9.85. The first kappa shape index (κ1) is 35.5. The van der Waals surface area contributed by atoms with Crippen LogP contribution in [0, 0.1) is 0 Å². The van der Waals surface area contributed by atoms with Gasteiger partial charge in [0, 0.05) is 22.7 Å². The minimum atomic E-state index is -4.09. The molecule has 0 atom stereocenters. The minimum Gasteiger partial charge on any atom is -0.379 e. The molecule has 7 aromatic rings. The van der Waals surface area contributed by atoms with Gasteiger partial charge in [0.1, 0.15) is 21.3 Å². The monoisotopic (exact) mass is 758 g/mol. The molecule has 7 rings (SSSR count). The molecule has 0 unspecified atom stereocenters. The Morgan fingerprint density at radius 2 is 0.741 bits per heavy atom. The minimum absolute atomic E-state index is 0.0181. The molecule has 0 aliphatic carbocycles. The normalized spacial score (nSPS) is 11.4. The number of benzene rings is 7. The lowest BCUT2D eigenvalue weighted by molar-refractivity contribution is 0.261. The third-order valence-electron chi connectivity index (χ3n) is 8.03. The van der Waals surface area contributed by atoms with Crippen molar-refractivity contribution in [2.75, 3.05) is 21.3 Å². The summed E-state index contributed by atoms with van der Waals surface area (Å²) in [4.78, 5) is 25.5. The fourth-order valence-electron chi connectivity index (χ4n) is 5.44. The number of anilines is 4. The summed E-state index contributed by atoms with van der Waals surface area (Å²) in [5.41, 5.74) is 1.50. The number of amides is 4. The molecule has 0 aliphatic heterocycles. The molecule has 0 saturated carbocycles. The van der Waals surface area contributed by atoms with E-state index in [0.29, 0.717) is 22.7 Å². The molecule has 0 fully saturated rings. The Labute approximate surface area is 310 Å². The van der Waals surface area contributed by atoms with Gasteiger partial charge in [0.05, 0.1) is 0 Å². The van der Waals surface area contributed by atoms with Gasteiger partial charge in [0.15, 0.2) is 0 Å². The zero-order valence-corrected chi connectivity index (χ0v) is 29.7. The Balaban J connectivity index is 0.898. The Bertz CT molecular complexity index is 2560. The van der Waals surface area contributed by atoms with Crippen LogP contribution in [0.5, 0.6) is 11.5 Å². The van der Waals surface area contributed by atoms with E-state index in [4.69, 9.17) is 8.37 Å². The van der Waals surface area contributed by atoms with Crippen LogP contribution in [0.2, 0.25) is 0 Å². The van der Waals surface area contributed by atoms with Crippen LogP contribution >= 0.6 is 0 Å². The van der Waals surface area contributed by atoms with Crippen molar-refractivity contribution < 1.29 is 34.8 Å². The van der Waals surface area contributed by atoms with Gasteiger partial charge in [0.25, 0.3) is 0 Å². The molecule has 0 bridgehead atoms. The molecule has 0 aliphatic rings. The SMILES string of the molecule is O=C(Nc1ccc(OS(=O)(=O)c2ccc3ccccc3c2)cc1)Nc1cccc(NC(=O)Nc2ccc(OS(=O)(=O)c3ccc4ccccc4c3)cc2)c1. The average Bonchev–Trinajstić information content (AvgIpc) is 3.16. The Hall–Kier alpha value is -6.90. The van der Waals surface area contributed by atoms with E-state index in [-0.39, 0.29) is 21.3 Å². The number of fused-ring (bicyclic) bond motifs is 2. The van der Waals surface area contributed by atoms with Gasteiger partial charge in [0.2, 0.25) is 0 Å². The number of hydrogen-bond donors (Lipinski definition) is 4. The second-order valence-electron chi connectivity index (χ2n) is 11.9. The smallest absolute Gasteiger partial charge is 0.339 e. The number of urea groups is 2. The van der Waals surface area contributed by atoms with Crippen LogP contribution in [0.3, 0.4) is 0 Å². The third kappa shape index (κ3) is 8.58. The molecular formula is C40H30N4O8S2. The highest BCUT2D eigenvalue weighted by atomic mass is 32.2. The summed E-state index contributed by atoms with van der Waals surface area (Å²) in [5.74, 6) is 0.140. The van der Waals surface area contributed by atoms with E-state index >= 15 is 0 Å². The molecule has 54 heavy (non-hydrogen) atoms. The van der Waals surface area contributed by atoms with Crippen LogP contribution in [0.15, 0.2) is 168 Å². The van der Waals surface area contributed by atoms with E-state index in [2.05, 4.69) is 21.3 Å². The number of nitrogens with one attached hydrogen (secondary N) is 4. The summed E-state index contributed by atoms with van der Waals surface area (Å²) in [7, 11) is -8.19. The van der Waals surface area contributed by atoms with E-state index in [9.17, 15) is 26.4 Å². The Morgan fingerprint density at radius 1 is 0.370 bits per heavy atom. The summed E-state index contributed by atoms with van der Waals surface area (Å²) in [6.07, 6.45) is 0. The van der Waals surface area contributed by atoms with Crippen molar-refractivity contribution in [1.82, 2.24) is 0 Å². The van der Waals surface area contributed by atoms with Gasteiger partial charge in [-0.25, -0.2) is 9.59 Å². The standard InChI is InChI=1S/C40H30N4O8S2/c45-39(41-31-14-18-35(19-15-31)51-53(47,48)37-22-12-27-6-1-3-8-29(27)24-37)43-33-10-5-11-34(26-33)44-40(46)42-32-16-20-36(21-17-32)52-54(49,50)38-23-13-28-7-2-4-9-30(28)25-38/h1-26H,(H2,41,43,45)(H2,42,44,46). The van der Waals surface area contributed by atoms with Gasteiger partial charge < -0.3 is 29.6 Å². The van der Waals surface area contributed by atoms with Crippen LogP contribution in [0.25, 0.3) is 21.5 Å². The fraction of sp³-hybridized carbons (Fsp3) is 0. The van der Waals surface area contributed by atoms with Crippen molar-refractivity contribution in [2.45, 2.75) is 9.79 Å². The largest absolute Gasteiger partial charge is 0.379 e. The molecule has 0 spiro atoms. The maximum absolute atomic E-state index is 12.9. The zero-order chi connectivity index (χ0) is 37.7. The first-order valence-electron chi connectivity index (χ1n) is 16.3. The van der Waals surface area contributed by atoms with Gasteiger partial charge in [-0.3, -0.25) is 0 Å². The quantitative estimate of drug-likeness (QED) is 0.100. The second-order valence-corrected chi connectivity index (χ2v) is 15.0. The molecule has 0 aromatic heterocycles. The predicted octanol–water partition coefficient (Wildman–Crippen LogP) is 8.82. The van der Waals surface area contributed by atoms with Crippen LogP contribution in [-0.2, 0) is 20.2 Å². The summed E-state index contributed by atoms with van der Waals surface area (Å²) < 4.78 is 62.1. The van der Waals surface area contributed by atoms with Crippen molar-refractivity contribution in [2.24, 2.45) is 0 Å². The van der Waals surface area contributed by atoms with Gasteiger partial charge in [-0.05, 0) is 113 Å². The average molecular weight is 759 g/mol. The lowest BCUT2D eigenvalue weighted by atomic mass is 10.1. The van der Waals surface area contributed by atoms with Crippen molar-refractivity contribution in [3.8, 4) is 11.5 Å². The Morgan fingerprint density at radius 3 is 1.15 bits per heavy atom. The maximum Gasteiger partial charge on any atom is 0.339 e. The summed E-state index contributed by atoms with van der Waals surface area (Å²) in [6.45, 7) is 0. The summed E-state index contributed by atoms with van der Waals surface area (Å²) >= 11 is 0. The van der Waals surface area contributed by atoms with E-state index in [1.165, 1.54) is 60.7 Å². The molecule has 0 radical (unpaired) electrons. The predicted molar refractivity (Wildman–Crippen MR) is 208 cm³/mol. The first-order valence-corrected chi connectivity index (χ1v) is 19.1. The van der Waals surface area contributed by atoms with Crippen molar-refractivity contribution in [1.29, 1.82) is 0 Å². The van der Waals surface area contributed by atoms with Gasteiger partial charge in [-0.2, -0.15) is 16.8 Å². The highest BCUT2D eigenvalue weighted by Gasteiger charge is 2.19. The molecule has 12 nitrogen and oxygen atoms in total. The zero-order valence-electron chi connectivity index (χ0n) is 28.1. The molecule has 0 saturated heterocycles. The van der Waals surface area contributed by atoms with Crippen LogP contribution in [0.4, 0.5) is 32.3 Å². The number of hydrogen-bond acceptors (Lipinski definition) is 8. The topological polar surface area (TPSA) is 169 Å². The molecular weight excluding hydrogens is 729 g/mol. The number of carbonyl (C=O) groups excluding carboxylic acids is 2. The lowest BCUT2D eigenvalue weighted by Crippen LogP contribution is -2.21. The lowest BCUT2D eigenvalue weighted by Gasteiger charge is -2.12. The molecule has 14 heteroatoms. The fourth-order valence-corrected chi connectivity index (χ4v) is 7.38. The van der Waals surface area contributed by atoms with Crippen LogP contribution in [-0.4, -0.2) is 28.9 Å². The van der Waals surface area contributed by atoms with Crippen molar-refractivity contribution >= 4 is 76.6 Å². The van der Waals surface area contributed by atoms with E-state index in [1.54, 1.807) is 48.5 Å². The van der Waals surface area contributed by atoms with Crippen molar-refractivity contribution in [3.63, 3.8) is 0 Å². The van der Waals surface area contributed by atoms with E-state index in [1.807, 2.05) is 48.5 Å². The first-order chi connectivity index (χ1) is 26.0. The second kappa shape index (κ2) is 15.0. The van der Waals surface area contributed by atoms with Crippen LogP contribution < -0.4 is 29.6 Å². The molecule has 4 amide bonds.